The maximum Gasteiger partial charge on any atom is 0.226 e. The summed E-state index contributed by atoms with van der Waals surface area (Å²) in [5, 5.41) is 4.70. The van der Waals surface area contributed by atoms with Crippen LogP contribution >= 0.6 is 11.6 Å². The van der Waals surface area contributed by atoms with E-state index in [0.717, 1.165) is 17.0 Å². The first-order valence-corrected chi connectivity index (χ1v) is 6.39. The Hall–Kier alpha value is -2.27. The molecule has 0 amide bonds. The Morgan fingerprint density at radius 2 is 2.10 bits per heavy atom. The standard InChI is InChI=1S/C14H12ClN3O2/c1-19-13-4-2-10(3-5-13)14-17-12(9-20-14)8-18-7-11(15)6-16-18/h2-7,9H,8H2,1H3. The normalized spacial score (nSPS) is 10.7. The highest BCUT2D eigenvalue weighted by molar-refractivity contribution is 6.30. The molecule has 0 fully saturated rings. The lowest BCUT2D eigenvalue weighted by Crippen LogP contribution is -1.99. The average Bonchev–Trinajstić information content (AvgIpc) is 3.09. The van der Waals surface area contributed by atoms with Crippen molar-refractivity contribution < 1.29 is 9.15 Å². The molecule has 3 aromatic rings. The fourth-order valence-corrected chi connectivity index (χ4v) is 1.99. The quantitative estimate of drug-likeness (QED) is 0.740. The summed E-state index contributed by atoms with van der Waals surface area (Å²) in [6.45, 7) is 0.520. The summed E-state index contributed by atoms with van der Waals surface area (Å²) in [7, 11) is 1.63. The van der Waals surface area contributed by atoms with Crippen LogP contribution in [0.1, 0.15) is 5.69 Å². The molecule has 102 valence electrons. The van der Waals surface area contributed by atoms with Crippen molar-refractivity contribution in [2.45, 2.75) is 6.54 Å². The predicted molar refractivity (Wildman–Crippen MR) is 74.8 cm³/mol. The highest BCUT2D eigenvalue weighted by Gasteiger charge is 2.08. The van der Waals surface area contributed by atoms with Crippen LogP contribution in [-0.4, -0.2) is 21.9 Å². The third kappa shape index (κ3) is 2.67. The Morgan fingerprint density at radius 3 is 2.75 bits per heavy atom. The van der Waals surface area contributed by atoms with E-state index in [9.17, 15) is 0 Å². The number of rotatable bonds is 4. The maximum atomic E-state index is 5.82. The molecule has 0 saturated carbocycles. The fourth-order valence-electron chi connectivity index (χ4n) is 1.84. The van der Waals surface area contributed by atoms with Crippen LogP contribution < -0.4 is 4.74 Å². The van der Waals surface area contributed by atoms with Crippen LogP contribution in [0.4, 0.5) is 0 Å². The number of nitrogens with zero attached hydrogens (tertiary/aromatic N) is 3. The van der Waals surface area contributed by atoms with Crippen molar-refractivity contribution in [3.8, 4) is 17.2 Å². The molecular formula is C14H12ClN3O2. The van der Waals surface area contributed by atoms with E-state index < -0.39 is 0 Å². The smallest absolute Gasteiger partial charge is 0.226 e. The monoisotopic (exact) mass is 289 g/mol. The summed E-state index contributed by atoms with van der Waals surface area (Å²) in [6.07, 6.45) is 4.95. The molecule has 1 aromatic carbocycles. The summed E-state index contributed by atoms with van der Waals surface area (Å²) in [5.41, 5.74) is 1.69. The zero-order valence-corrected chi connectivity index (χ0v) is 11.5. The first-order valence-electron chi connectivity index (χ1n) is 6.01. The molecule has 2 aromatic heterocycles. The Balaban J connectivity index is 1.78. The highest BCUT2D eigenvalue weighted by atomic mass is 35.5. The minimum Gasteiger partial charge on any atom is -0.497 e. The van der Waals surface area contributed by atoms with Crippen molar-refractivity contribution in [1.82, 2.24) is 14.8 Å². The van der Waals surface area contributed by atoms with Crippen LogP contribution in [0.5, 0.6) is 5.75 Å². The van der Waals surface area contributed by atoms with Gasteiger partial charge in [-0.1, -0.05) is 11.6 Å². The maximum absolute atomic E-state index is 5.82. The van der Waals surface area contributed by atoms with Crippen LogP contribution in [0, 0.1) is 0 Å². The second-order valence-corrected chi connectivity index (χ2v) is 4.67. The van der Waals surface area contributed by atoms with Gasteiger partial charge in [0.1, 0.15) is 17.7 Å². The van der Waals surface area contributed by atoms with E-state index in [4.69, 9.17) is 20.8 Å². The molecular weight excluding hydrogens is 278 g/mol. The van der Waals surface area contributed by atoms with Gasteiger partial charge in [-0.3, -0.25) is 4.68 Å². The molecule has 0 aliphatic carbocycles. The summed E-state index contributed by atoms with van der Waals surface area (Å²) in [4.78, 5) is 4.43. The minimum absolute atomic E-state index is 0.520. The lowest BCUT2D eigenvalue weighted by atomic mass is 10.2. The van der Waals surface area contributed by atoms with Gasteiger partial charge in [-0.15, -0.1) is 0 Å². The highest BCUT2D eigenvalue weighted by Crippen LogP contribution is 2.22. The molecule has 0 aliphatic rings. The molecule has 3 rings (SSSR count). The van der Waals surface area contributed by atoms with E-state index in [1.165, 1.54) is 0 Å². The first kappa shape index (κ1) is 12.7. The number of methoxy groups -OCH3 is 1. The van der Waals surface area contributed by atoms with Gasteiger partial charge in [-0.2, -0.15) is 5.10 Å². The number of aromatic nitrogens is 3. The number of hydrogen-bond acceptors (Lipinski definition) is 4. The topological polar surface area (TPSA) is 53.1 Å². The average molecular weight is 290 g/mol. The Morgan fingerprint density at radius 1 is 1.30 bits per heavy atom. The molecule has 6 heteroatoms. The molecule has 0 unspecified atom stereocenters. The van der Waals surface area contributed by atoms with E-state index in [0.29, 0.717) is 17.5 Å². The van der Waals surface area contributed by atoms with Gasteiger partial charge in [-0.25, -0.2) is 4.98 Å². The van der Waals surface area contributed by atoms with E-state index in [-0.39, 0.29) is 0 Å². The minimum atomic E-state index is 0.520. The molecule has 0 atom stereocenters. The van der Waals surface area contributed by atoms with Crippen molar-refractivity contribution >= 4 is 11.6 Å². The molecule has 5 nitrogen and oxygen atoms in total. The molecule has 2 heterocycles. The third-order valence-corrected chi connectivity index (χ3v) is 3.01. The van der Waals surface area contributed by atoms with Crippen LogP contribution in [0.3, 0.4) is 0 Å². The van der Waals surface area contributed by atoms with E-state index in [1.807, 2.05) is 24.3 Å². The van der Waals surface area contributed by atoms with Gasteiger partial charge in [0.2, 0.25) is 5.89 Å². The number of halogens is 1. The van der Waals surface area contributed by atoms with Crippen molar-refractivity contribution in [2.24, 2.45) is 0 Å². The summed E-state index contributed by atoms with van der Waals surface area (Å²) >= 11 is 5.82. The Bertz CT molecular complexity index is 703. The predicted octanol–water partition coefficient (Wildman–Crippen LogP) is 3.25. The van der Waals surface area contributed by atoms with Crippen molar-refractivity contribution in [1.29, 1.82) is 0 Å². The Labute approximate surface area is 120 Å². The number of hydrogen-bond donors (Lipinski definition) is 0. The van der Waals surface area contributed by atoms with E-state index in [2.05, 4.69) is 10.1 Å². The van der Waals surface area contributed by atoms with Gasteiger partial charge in [0.05, 0.1) is 24.9 Å². The van der Waals surface area contributed by atoms with E-state index in [1.54, 1.807) is 30.4 Å². The van der Waals surface area contributed by atoms with Crippen molar-refractivity contribution in [2.75, 3.05) is 7.11 Å². The summed E-state index contributed by atoms with van der Waals surface area (Å²) in [5.74, 6) is 1.37. The largest absolute Gasteiger partial charge is 0.497 e. The zero-order chi connectivity index (χ0) is 13.9. The lowest BCUT2D eigenvalue weighted by molar-refractivity contribution is 0.415. The molecule has 0 radical (unpaired) electrons. The van der Waals surface area contributed by atoms with Gasteiger partial charge >= 0.3 is 0 Å². The molecule has 0 bridgehead atoms. The molecule has 0 saturated heterocycles. The van der Waals surface area contributed by atoms with Gasteiger partial charge in [0, 0.05) is 11.8 Å². The van der Waals surface area contributed by atoms with Crippen LogP contribution in [-0.2, 0) is 6.54 Å². The van der Waals surface area contributed by atoms with E-state index >= 15 is 0 Å². The van der Waals surface area contributed by atoms with Gasteiger partial charge in [0.25, 0.3) is 0 Å². The number of ether oxygens (including phenoxy) is 1. The van der Waals surface area contributed by atoms with Gasteiger partial charge in [0.15, 0.2) is 0 Å². The van der Waals surface area contributed by atoms with Crippen LogP contribution in [0.25, 0.3) is 11.5 Å². The molecule has 0 aliphatic heterocycles. The third-order valence-electron chi connectivity index (χ3n) is 2.81. The molecule has 0 spiro atoms. The van der Waals surface area contributed by atoms with Crippen molar-refractivity contribution in [3.63, 3.8) is 0 Å². The second kappa shape index (κ2) is 5.38. The van der Waals surface area contributed by atoms with Crippen molar-refractivity contribution in [3.05, 3.63) is 53.6 Å². The fraction of sp³-hybridized carbons (Fsp3) is 0.143. The second-order valence-electron chi connectivity index (χ2n) is 4.23. The SMILES string of the molecule is COc1ccc(-c2nc(Cn3cc(Cl)cn3)co2)cc1. The first-order chi connectivity index (χ1) is 9.74. The lowest BCUT2D eigenvalue weighted by Gasteiger charge is -1.99. The van der Waals surface area contributed by atoms with Crippen LogP contribution in [0.15, 0.2) is 47.3 Å². The van der Waals surface area contributed by atoms with Crippen LogP contribution in [0.2, 0.25) is 5.02 Å². The summed E-state index contributed by atoms with van der Waals surface area (Å²) < 4.78 is 12.3. The van der Waals surface area contributed by atoms with Gasteiger partial charge in [-0.05, 0) is 24.3 Å². The zero-order valence-electron chi connectivity index (χ0n) is 10.8. The molecule has 20 heavy (non-hydrogen) atoms. The Kier molecular flexibility index (Phi) is 3.43. The molecule has 0 N–H and O–H groups in total. The van der Waals surface area contributed by atoms with Gasteiger partial charge < -0.3 is 9.15 Å². The number of benzene rings is 1. The number of oxazole rings is 1. The summed E-state index contributed by atoms with van der Waals surface area (Å²) in [6, 6.07) is 7.54.